The van der Waals surface area contributed by atoms with Gasteiger partial charge in [0, 0.05) is 22.0 Å². The summed E-state index contributed by atoms with van der Waals surface area (Å²) in [6.07, 6.45) is 0. The molecule has 106 valence electrons. The summed E-state index contributed by atoms with van der Waals surface area (Å²) in [6.45, 7) is 3.96. The van der Waals surface area contributed by atoms with Gasteiger partial charge in [0.15, 0.2) is 0 Å². The fourth-order valence-electron chi connectivity index (χ4n) is 1.54. The van der Waals surface area contributed by atoms with Gasteiger partial charge in [-0.1, -0.05) is 37.0 Å². The Balaban J connectivity index is 2.34. The monoisotopic (exact) mass is 312 g/mol. The highest BCUT2D eigenvalue weighted by Gasteiger charge is 2.10. The molecule has 0 spiro atoms. The number of ether oxygens (including phenoxy) is 1. The van der Waals surface area contributed by atoms with Crippen molar-refractivity contribution in [2.24, 2.45) is 5.84 Å². The number of rotatable bonds is 4. The molecule has 0 unspecified atom stereocenters. The van der Waals surface area contributed by atoms with Crippen LogP contribution in [-0.4, -0.2) is 9.97 Å². The maximum Gasteiger partial charge on any atom is 0.224 e. The summed E-state index contributed by atoms with van der Waals surface area (Å²) in [4.78, 5) is 8.57. The molecule has 0 saturated heterocycles. The number of benzene rings is 1. The number of aromatic nitrogens is 2. The molecule has 2 rings (SSSR count). The van der Waals surface area contributed by atoms with Crippen LogP contribution in [0.3, 0.4) is 0 Å². The van der Waals surface area contributed by atoms with E-state index in [2.05, 4.69) is 15.4 Å². The second-order valence-corrected chi connectivity index (χ2v) is 5.33. The summed E-state index contributed by atoms with van der Waals surface area (Å²) < 4.78 is 5.66. The highest BCUT2D eigenvalue weighted by Crippen LogP contribution is 2.28. The van der Waals surface area contributed by atoms with Crippen LogP contribution >= 0.6 is 23.2 Å². The molecule has 20 heavy (non-hydrogen) atoms. The Morgan fingerprint density at radius 2 is 1.75 bits per heavy atom. The van der Waals surface area contributed by atoms with Crippen LogP contribution in [0.2, 0.25) is 10.0 Å². The summed E-state index contributed by atoms with van der Waals surface area (Å²) in [5.41, 5.74) is 2.49. The molecule has 1 aromatic carbocycles. The smallest absolute Gasteiger partial charge is 0.224 e. The first-order chi connectivity index (χ1) is 9.47. The zero-order valence-electron chi connectivity index (χ0n) is 11.0. The molecule has 0 bridgehead atoms. The number of nitrogen functional groups attached to an aromatic ring is 1. The molecule has 0 amide bonds. The first-order valence-corrected chi connectivity index (χ1v) is 6.73. The molecular formula is C13H14Cl2N4O. The molecule has 0 atom stereocenters. The molecule has 0 aliphatic heterocycles. The number of hydrazine groups is 1. The lowest BCUT2D eigenvalue weighted by molar-refractivity contribution is 0.457. The van der Waals surface area contributed by atoms with Gasteiger partial charge in [-0.25, -0.2) is 10.8 Å². The van der Waals surface area contributed by atoms with Crippen LogP contribution in [0, 0.1) is 0 Å². The van der Waals surface area contributed by atoms with E-state index in [1.165, 1.54) is 0 Å². The van der Waals surface area contributed by atoms with Gasteiger partial charge in [-0.15, -0.1) is 0 Å². The summed E-state index contributed by atoms with van der Waals surface area (Å²) in [5.74, 6) is 7.51. The van der Waals surface area contributed by atoms with E-state index in [1.54, 1.807) is 24.3 Å². The Kier molecular flexibility index (Phi) is 4.65. The van der Waals surface area contributed by atoms with Crippen molar-refractivity contribution in [1.29, 1.82) is 0 Å². The van der Waals surface area contributed by atoms with Crippen LogP contribution in [0.25, 0.3) is 0 Å². The number of anilines is 1. The Morgan fingerprint density at radius 3 is 2.30 bits per heavy atom. The summed E-state index contributed by atoms with van der Waals surface area (Å²) in [7, 11) is 0. The molecule has 1 aromatic heterocycles. The van der Waals surface area contributed by atoms with Crippen molar-refractivity contribution in [3.05, 3.63) is 40.1 Å². The number of hydrogen-bond donors (Lipinski definition) is 2. The molecule has 0 saturated carbocycles. The molecule has 0 aliphatic carbocycles. The van der Waals surface area contributed by atoms with Crippen molar-refractivity contribution in [2.75, 3.05) is 5.43 Å². The highest BCUT2D eigenvalue weighted by atomic mass is 35.5. The number of nitrogens with one attached hydrogen (secondary N) is 1. The van der Waals surface area contributed by atoms with E-state index in [9.17, 15) is 0 Å². The van der Waals surface area contributed by atoms with Gasteiger partial charge < -0.3 is 10.2 Å². The van der Waals surface area contributed by atoms with Gasteiger partial charge in [0.05, 0.1) is 0 Å². The van der Waals surface area contributed by atoms with E-state index in [1.807, 2.05) is 13.8 Å². The van der Waals surface area contributed by atoms with Gasteiger partial charge in [-0.3, -0.25) is 0 Å². The zero-order valence-corrected chi connectivity index (χ0v) is 12.5. The Morgan fingerprint density at radius 1 is 1.10 bits per heavy atom. The van der Waals surface area contributed by atoms with Crippen LogP contribution in [0.4, 0.5) is 5.82 Å². The van der Waals surface area contributed by atoms with Crippen molar-refractivity contribution in [3.8, 4) is 11.6 Å². The van der Waals surface area contributed by atoms with Crippen molar-refractivity contribution in [3.63, 3.8) is 0 Å². The van der Waals surface area contributed by atoms with E-state index < -0.39 is 0 Å². The maximum atomic E-state index is 5.93. The standard InChI is InChI=1S/C13H14Cl2N4O/c1-7(2)13-17-11(19-16)6-12(18-13)20-10-4-8(14)3-9(15)5-10/h3-7H,16H2,1-2H3,(H,17,18,19). The van der Waals surface area contributed by atoms with E-state index in [4.69, 9.17) is 33.8 Å². The normalized spacial score (nSPS) is 10.7. The quantitative estimate of drug-likeness (QED) is 0.659. The fraction of sp³-hybridized carbons (Fsp3) is 0.231. The number of nitrogens with two attached hydrogens (primary N) is 1. The van der Waals surface area contributed by atoms with Gasteiger partial charge in [-0.05, 0) is 18.2 Å². The zero-order chi connectivity index (χ0) is 14.7. The van der Waals surface area contributed by atoms with Crippen molar-refractivity contribution < 1.29 is 4.74 Å². The van der Waals surface area contributed by atoms with E-state index >= 15 is 0 Å². The average Bonchev–Trinajstić information content (AvgIpc) is 2.36. The fourth-order valence-corrected chi connectivity index (χ4v) is 2.04. The molecular weight excluding hydrogens is 299 g/mol. The Labute approximate surface area is 127 Å². The molecule has 0 aliphatic rings. The molecule has 1 heterocycles. The largest absolute Gasteiger partial charge is 0.439 e. The average molecular weight is 313 g/mol. The van der Waals surface area contributed by atoms with E-state index in [-0.39, 0.29) is 5.92 Å². The molecule has 5 nitrogen and oxygen atoms in total. The maximum absolute atomic E-state index is 5.93. The molecule has 3 N–H and O–H groups in total. The third-order valence-electron chi connectivity index (χ3n) is 2.44. The van der Waals surface area contributed by atoms with Crippen molar-refractivity contribution >= 4 is 29.0 Å². The number of hydrogen-bond acceptors (Lipinski definition) is 5. The van der Waals surface area contributed by atoms with Crippen LogP contribution in [-0.2, 0) is 0 Å². The van der Waals surface area contributed by atoms with Gasteiger partial charge >= 0.3 is 0 Å². The molecule has 2 aromatic rings. The van der Waals surface area contributed by atoms with Gasteiger partial charge in [-0.2, -0.15) is 4.98 Å². The van der Waals surface area contributed by atoms with Crippen LogP contribution in [0.15, 0.2) is 24.3 Å². The lowest BCUT2D eigenvalue weighted by atomic mass is 10.2. The summed E-state index contributed by atoms with van der Waals surface area (Å²) in [6, 6.07) is 6.53. The second-order valence-electron chi connectivity index (χ2n) is 4.46. The Hall–Kier alpha value is -1.56. The van der Waals surface area contributed by atoms with Crippen molar-refractivity contribution in [1.82, 2.24) is 9.97 Å². The minimum absolute atomic E-state index is 0.147. The lowest BCUT2D eigenvalue weighted by Gasteiger charge is -2.11. The second kappa shape index (κ2) is 6.26. The first-order valence-electron chi connectivity index (χ1n) is 5.97. The van der Waals surface area contributed by atoms with Crippen molar-refractivity contribution in [2.45, 2.75) is 19.8 Å². The minimum Gasteiger partial charge on any atom is -0.439 e. The summed E-state index contributed by atoms with van der Waals surface area (Å²) >= 11 is 11.9. The minimum atomic E-state index is 0.147. The summed E-state index contributed by atoms with van der Waals surface area (Å²) in [5, 5.41) is 0.977. The Bertz CT molecular complexity index is 599. The van der Waals surface area contributed by atoms with Gasteiger partial charge in [0.2, 0.25) is 5.88 Å². The first kappa shape index (κ1) is 14.8. The van der Waals surface area contributed by atoms with Gasteiger partial charge in [0.25, 0.3) is 0 Å². The highest BCUT2D eigenvalue weighted by molar-refractivity contribution is 6.34. The predicted molar refractivity (Wildman–Crippen MR) is 80.5 cm³/mol. The van der Waals surface area contributed by atoms with Gasteiger partial charge in [0.1, 0.15) is 17.4 Å². The third-order valence-corrected chi connectivity index (χ3v) is 2.88. The molecule has 0 radical (unpaired) electrons. The van der Waals surface area contributed by atoms with Crippen LogP contribution < -0.4 is 16.0 Å². The lowest BCUT2D eigenvalue weighted by Crippen LogP contribution is -2.11. The number of halogens is 2. The third kappa shape index (κ3) is 3.72. The topological polar surface area (TPSA) is 73.1 Å². The SMILES string of the molecule is CC(C)c1nc(NN)cc(Oc2cc(Cl)cc(Cl)c2)n1. The van der Waals surface area contributed by atoms with Crippen LogP contribution in [0.1, 0.15) is 25.6 Å². The number of nitrogens with zero attached hydrogens (tertiary/aromatic N) is 2. The molecule has 0 fully saturated rings. The van der Waals surface area contributed by atoms with E-state index in [0.717, 1.165) is 0 Å². The van der Waals surface area contributed by atoms with E-state index in [0.29, 0.717) is 33.3 Å². The van der Waals surface area contributed by atoms with Crippen LogP contribution in [0.5, 0.6) is 11.6 Å². The molecule has 7 heteroatoms. The predicted octanol–water partition coefficient (Wildman–Crippen LogP) is 3.98.